The topological polar surface area (TPSA) is 46.2 Å². The number of nitrogens with one attached hydrogen (secondary N) is 1. The average Bonchev–Trinajstić information content (AvgIpc) is 2.40. The van der Waals surface area contributed by atoms with Gasteiger partial charge in [-0.25, -0.2) is 17.5 Å². The van der Waals surface area contributed by atoms with Crippen LogP contribution in [-0.2, 0) is 15.6 Å². The van der Waals surface area contributed by atoms with Gasteiger partial charge in [-0.3, -0.25) is 0 Å². The summed E-state index contributed by atoms with van der Waals surface area (Å²) >= 11 is 0. The molecule has 0 saturated carbocycles. The number of benzene rings is 2. The Morgan fingerprint density at radius 3 is 2.18 bits per heavy atom. The van der Waals surface area contributed by atoms with E-state index < -0.39 is 15.6 Å². The number of sulfonamides is 1. The third-order valence-corrected chi connectivity index (χ3v) is 5.39. The van der Waals surface area contributed by atoms with E-state index in [0.29, 0.717) is 11.1 Å². The molecule has 0 saturated heterocycles. The summed E-state index contributed by atoms with van der Waals surface area (Å²) in [6.07, 6.45) is 0. The molecule has 0 aromatic heterocycles. The lowest BCUT2D eigenvalue weighted by Gasteiger charge is -2.27. The maximum atomic E-state index is 13.0. The first kappa shape index (κ1) is 16.6. The number of halogens is 1. The molecule has 1 N–H and O–H groups in total. The van der Waals surface area contributed by atoms with E-state index in [1.807, 2.05) is 13.0 Å². The summed E-state index contributed by atoms with van der Waals surface area (Å²) in [5.74, 6) is -0.350. The Morgan fingerprint density at radius 2 is 1.59 bits per heavy atom. The maximum Gasteiger partial charge on any atom is 0.241 e. The molecular formula is C17H20FNO2S. The van der Waals surface area contributed by atoms with Gasteiger partial charge in [0.1, 0.15) is 5.82 Å². The van der Waals surface area contributed by atoms with Crippen molar-refractivity contribution in [1.29, 1.82) is 0 Å². The summed E-state index contributed by atoms with van der Waals surface area (Å²) < 4.78 is 41.1. The van der Waals surface area contributed by atoms with E-state index in [4.69, 9.17) is 0 Å². The van der Waals surface area contributed by atoms with Gasteiger partial charge in [0.2, 0.25) is 10.0 Å². The summed E-state index contributed by atoms with van der Waals surface area (Å²) in [5.41, 5.74) is 1.42. The van der Waals surface area contributed by atoms with Crippen molar-refractivity contribution in [2.75, 3.05) is 0 Å². The Hall–Kier alpha value is -1.72. The minimum atomic E-state index is -3.67. The molecule has 0 aliphatic rings. The van der Waals surface area contributed by atoms with Crippen LogP contribution < -0.4 is 4.72 Å². The van der Waals surface area contributed by atoms with Crippen molar-refractivity contribution in [3.63, 3.8) is 0 Å². The molecule has 2 aromatic rings. The highest BCUT2D eigenvalue weighted by Crippen LogP contribution is 2.25. The van der Waals surface area contributed by atoms with Crippen LogP contribution in [0.1, 0.15) is 30.5 Å². The normalized spacial score (nSPS) is 12.4. The Balaban J connectivity index is 2.39. The van der Waals surface area contributed by atoms with Gasteiger partial charge in [0.15, 0.2) is 0 Å². The van der Waals surface area contributed by atoms with Crippen LogP contribution in [0.3, 0.4) is 0 Å². The predicted molar refractivity (Wildman–Crippen MR) is 85.7 cm³/mol. The largest absolute Gasteiger partial charge is 0.241 e. The fourth-order valence-electron chi connectivity index (χ4n) is 2.31. The second kappa shape index (κ2) is 5.82. The van der Waals surface area contributed by atoms with Crippen molar-refractivity contribution in [3.8, 4) is 0 Å². The van der Waals surface area contributed by atoms with Gasteiger partial charge < -0.3 is 0 Å². The van der Waals surface area contributed by atoms with Gasteiger partial charge in [-0.15, -0.1) is 0 Å². The van der Waals surface area contributed by atoms with Crippen molar-refractivity contribution < 1.29 is 12.8 Å². The van der Waals surface area contributed by atoms with Crippen LogP contribution in [0.2, 0.25) is 0 Å². The molecule has 22 heavy (non-hydrogen) atoms. The van der Waals surface area contributed by atoms with Crippen LogP contribution in [0.25, 0.3) is 0 Å². The van der Waals surface area contributed by atoms with Gasteiger partial charge in [0, 0.05) is 0 Å². The van der Waals surface area contributed by atoms with Gasteiger partial charge in [0.05, 0.1) is 10.4 Å². The fraction of sp³-hybridized carbons (Fsp3) is 0.294. The van der Waals surface area contributed by atoms with Crippen LogP contribution in [-0.4, -0.2) is 8.42 Å². The lowest BCUT2D eigenvalue weighted by Crippen LogP contribution is -2.41. The molecule has 0 unspecified atom stereocenters. The van der Waals surface area contributed by atoms with Gasteiger partial charge >= 0.3 is 0 Å². The second-order valence-electron chi connectivity index (χ2n) is 6.01. The molecule has 0 amide bonds. The Labute approximate surface area is 131 Å². The molecule has 3 nitrogen and oxygen atoms in total. The van der Waals surface area contributed by atoms with Gasteiger partial charge in [-0.2, -0.15) is 0 Å². The number of hydrogen-bond acceptors (Lipinski definition) is 2. The summed E-state index contributed by atoms with van der Waals surface area (Å²) in [7, 11) is -3.67. The van der Waals surface area contributed by atoms with E-state index in [2.05, 4.69) is 4.72 Å². The lowest BCUT2D eigenvalue weighted by molar-refractivity contribution is 0.471. The molecule has 2 rings (SSSR count). The second-order valence-corrected chi connectivity index (χ2v) is 7.66. The van der Waals surface area contributed by atoms with Gasteiger partial charge in [0.25, 0.3) is 0 Å². The van der Waals surface area contributed by atoms with Gasteiger partial charge in [-0.05, 0) is 62.6 Å². The maximum absolute atomic E-state index is 13.0. The lowest BCUT2D eigenvalue weighted by atomic mass is 9.96. The summed E-state index contributed by atoms with van der Waals surface area (Å²) in [5, 5.41) is 0. The highest BCUT2D eigenvalue weighted by molar-refractivity contribution is 7.89. The van der Waals surface area contributed by atoms with Gasteiger partial charge in [-0.1, -0.05) is 24.3 Å². The summed E-state index contributed by atoms with van der Waals surface area (Å²) in [6.45, 7) is 7.12. The molecule has 0 bridgehead atoms. The van der Waals surface area contributed by atoms with E-state index in [-0.39, 0.29) is 10.7 Å². The highest BCUT2D eigenvalue weighted by atomic mass is 32.2. The summed E-state index contributed by atoms with van der Waals surface area (Å²) in [4.78, 5) is 0.266. The monoisotopic (exact) mass is 321 g/mol. The van der Waals surface area contributed by atoms with Crippen LogP contribution in [0.4, 0.5) is 4.39 Å². The Bertz CT molecular complexity index is 781. The van der Waals surface area contributed by atoms with E-state index in [9.17, 15) is 12.8 Å². The highest BCUT2D eigenvalue weighted by Gasteiger charge is 2.28. The third-order valence-electron chi connectivity index (χ3n) is 3.59. The van der Waals surface area contributed by atoms with Crippen LogP contribution >= 0.6 is 0 Å². The minimum Gasteiger partial charge on any atom is -0.207 e. The van der Waals surface area contributed by atoms with Crippen molar-refractivity contribution in [1.82, 2.24) is 4.72 Å². The molecule has 0 aliphatic heterocycles. The molecule has 0 fully saturated rings. The molecule has 0 spiro atoms. The van der Waals surface area contributed by atoms with E-state index in [1.165, 1.54) is 12.1 Å². The summed E-state index contributed by atoms with van der Waals surface area (Å²) in [6, 6.07) is 11.1. The molecule has 0 heterocycles. The zero-order valence-electron chi connectivity index (χ0n) is 13.1. The van der Waals surface area contributed by atoms with Crippen molar-refractivity contribution in [3.05, 3.63) is 65.0 Å². The molecular weight excluding hydrogens is 301 g/mol. The number of rotatable bonds is 4. The van der Waals surface area contributed by atoms with E-state index in [0.717, 1.165) is 5.56 Å². The zero-order chi connectivity index (χ0) is 16.5. The van der Waals surface area contributed by atoms with E-state index in [1.54, 1.807) is 45.0 Å². The van der Waals surface area contributed by atoms with E-state index >= 15 is 0 Å². The molecule has 2 aromatic carbocycles. The predicted octanol–water partition coefficient (Wildman–Crippen LogP) is 3.66. The first-order valence-corrected chi connectivity index (χ1v) is 8.47. The SMILES string of the molecule is Cc1ccc(C)c(S(=O)(=O)NC(C)(C)c2ccc(F)cc2)c1. The molecule has 0 radical (unpaired) electrons. The van der Waals surface area contributed by atoms with Crippen molar-refractivity contribution >= 4 is 10.0 Å². The smallest absolute Gasteiger partial charge is 0.207 e. The van der Waals surface area contributed by atoms with Crippen LogP contribution in [0.5, 0.6) is 0 Å². The van der Waals surface area contributed by atoms with Crippen molar-refractivity contribution in [2.24, 2.45) is 0 Å². The average molecular weight is 321 g/mol. The van der Waals surface area contributed by atoms with Crippen LogP contribution in [0.15, 0.2) is 47.4 Å². The third kappa shape index (κ3) is 3.54. The molecule has 118 valence electrons. The quantitative estimate of drug-likeness (QED) is 0.934. The van der Waals surface area contributed by atoms with Crippen LogP contribution in [0, 0.1) is 19.7 Å². The van der Waals surface area contributed by atoms with Crippen molar-refractivity contribution in [2.45, 2.75) is 38.1 Å². The Kier molecular flexibility index (Phi) is 4.40. The first-order chi connectivity index (χ1) is 10.1. The number of aryl methyl sites for hydroxylation is 2. The first-order valence-electron chi connectivity index (χ1n) is 6.99. The zero-order valence-corrected chi connectivity index (χ0v) is 14.0. The number of hydrogen-bond donors (Lipinski definition) is 1. The molecule has 5 heteroatoms. The standard InChI is InChI=1S/C17H20FNO2S/c1-12-5-6-13(2)16(11-12)22(20,21)19-17(3,4)14-7-9-15(18)10-8-14/h5-11,19H,1-4H3. The molecule has 0 atom stereocenters. The minimum absolute atomic E-state index is 0.266. The fourth-order valence-corrected chi connectivity index (χ4v) is 4.05. The Morgan fingerprint density at radius 1 is 1.00 bits per heavy atom. The molecule has 0 aliphatic carbocycles.